The first-order chi connectivity index (χ1) is 8.40. The van der Waals surface area contributed by atoms with Crippen LogP contribution in [0.15, 0.2) is 10.6 Å². The molecular formula is C12H18N2O4. The summed E-state index contributed by atoms with van der Waals surface area (Å²) in [6.45, 7) is 6.32. The summed E-state index contributed by atoms with van der Waals surface area (Å²) in [5.74, 6) is -0.832. The third-order valence-electron chi connectivity index (χ3n) is 2.31. The molecule has 1 aromatic rings. The molecule has 1 amide bonds. The van der Waals surface area contributed by atoms with Gasteiger partial charge in [-0.2, -0.15) is 0 Å². The highest BCUT2D eigenvalue weighted by Crippen LogP contribution is 2.09. The van der Waals surface area contributed by atoms with Crippen LogP contribution in [0.1, 0.15) is 36.5 Å². The highest BCUT2D eigenvalue weighted by atomic mass is 16.5. The van der Waals surface area contributed by atoms with E-state index in [1.807, 2.05) is 13.8 Å². The maximum Gasteiger partial charge on any atom is 0.305 e. The van der Waals surface area contributed by atoms with Gasteiger partial charge in [0.25, 0.3) is 5.91 Å². The predicted molar refractivity (Wildman–Crippen MR) is 64.2 cm³/mol. The van der Waals surface area contributed by atoms with E-state index in [1.54, 1.807) is 13.0 Å². The van der Waals surface area contributed by atoms with Gasteiger partial charge in [0.2, 0.25) is 5.76 Å². The summed E-state index contributed by atoms with van der Waals surface area (Å²) in [4.78, 5) is 24.2. The van der Waals surface area contributed by atoms with Crippen molar-refractivity contribution in [3.8, 4) is 0 Å². The summed E-state index contributed by atoms with van der Waals surface area (Å²) in [6, 6.07) is 1.55. The Kier molecular flexibility index (Phi) is 4.88. The Bertz CT molecular complexity index is 425. The maximum absolute atomic E-state index is 12.1. The number of carboxylic acid groups (broad SMARTS) is 1. The summed E-state index contributed by atoms with van der Waals surface area (Å²) in [6.07, 6.45) is -0.0778. The molecule has 0 aliphatic carbocycles. The summed E-state index contributed by atoms with van der Waals surface area (Å²) >= 11 is 0. The molecule has 0 atom stereocenters. The molecule has 6 nitrogen and oxygen atoms in total. The van der Waals surface area contributed by atoms with Crippen LogP contribution in [-0.2, 0) is 4.79 Å². The summed E-state index contributed by atoms with van der Waals surface area (Å²) in [7, 11) is 0. The quantitative estimate of drug-likeness (QED) is 0.832. The van der Waals surface area contributed by atoms with Gasteiger partial charge < -0.3 is 14.5 Å². The zero-order valence-electron chi connectivity index (χ0n) is 10.8. The second-order valence-electron chi connectivity index (χ2n) is 4.62. The molecule has 100 valence electrons. The van der Waals surface area contributed by atoms with Crippen LogP contribution in [0.2, 0.25) is 0 Å². The summed E-state index contributed by atoms with van der Waals surface area (Å²) in [5.41, 5.74) is 0.626. The first-order valence-electron chi connectivity index (χ1n) is 5.84. The van der Waals surface area contributed by atoms with Crippen LogP contribution in [0.4, 0.5) is 0 Å². The van der Waals surface area contributed by atoms with Crippen molar-refractivity contribution in [1.82, 2.24) is 10.1 Å². The van der Waals surface area contributed by atoms with E-state index in [0.717, 1.165) is 0 Å². The number of carbonyl (C=O) groups excluding carboxylic acids is 1. The van der Waals surface area contributed by atoms with Gasteiger partial charge in [0.15, 0.2) is 0 Å². The number of aryl methyl sites for hydroxylation is 1. The molecule has 0 saturated heterocycles. The molecule has 0 aliphatic heterocycles. The molecule has 1 N–H and O–H groups in total. The molecule has 0 saturated carbocycles. The van der Waals surface area contributed by atoms with Crippen LogP contribution in [0.25, 0.3) is 0 Å². The Balaban J connectivity index is 2.75. The third kappa shape index (κ3) is 4.20. The first kappa shape index (κ1) is 14.2. The minimum atomic E-state index is -0.926. The average molecular weight is 254 g/mol. The van der Waals surface area contributed by atoms with Crippen molar-refractivity contribution in [2.45, 2.75) is 27.2 Å². The minimum absolute atomic E-state index is 0.0778. The zero-order chi connectivity index (χ0) is 13.7. The van der Waals surface area contributed by atoms with E-state index in [4.69, 9.17) is 9.63 Å². The average Bonchev–Trinajstić information content (AvgIpc) is 2.69. The second kappa shape index (κ2) is 6.18. The van der Waals surface area contributed by atoms with Crippen molar-refractivity contribution in [3.05, 3.63) is 17.5 Å². The maximum atomic E-state index is 12.1. The van der Waals surface area contributed by atoms with Crippen LogP contribution in [0, 0.1) is 12.8 Å². The van der Waals surface area contributed by atoms with Gasteiger partial charge >= 0.3 is 5.97 Å². The van der Waals surface area contributed by atoms with Gasteiger partial charge in [-0.1, -0.05) is 19.0 Å². The fourth-order valence-electron chi connectivity index (χ4n) is 1.57. The van der Waals surface area contributed by atoms with E-state index in [1.165, 1.54) is 4.90 Å². The Labute approximate surface area is 106 Å². The van der Waals surface area contributed by atoms with Crippen LogP contribution >= 0.6 is 0 Å². The lowest BCUT2D eigenvalue weighted by Crippen LogP contribution is -2.35. The van der Waals surface area contributed by atoms with Crippen LogP contribution in [-0.4, -0.2) is 40.1 Å². The van der Waals surface area contributed by atoms with E-state index in [9.17, 15) is 9.59 Å². The fourth-order valence-corrected chi connectivity index (χ4v) is 1.57. The number of rotatable bonds is 6. The lowest BCUT2D eigenvalue weighted by Gasteiger charge is -2.22. The number of carboxylic acids is 1. The first-order valence-corrected chi connectivity index (χ1v) is 5.84. The largest absolute Gasteiger partial charge is 0.481 e. The molecule has 6 heteroatoms. The Morgan fingerprint density at radius 1 is 1.50 bits per heavy atom. The van der Waals surface area contributed by atoms with Gasteiger partial charge in [0.05, 0.1) is 12.1 Å². The van der Waals surface area contributed by atoms with Crippen molar-refractivity contribution in [1.29, 1.82) is 0 Å². The molecule has 0 aliphatic rings. The Hall–Kier alpha value is -1.85. The molecule has 1 heterocycles. The van der Waals surface area contributed by atoms with Crippen molar-refractivity contribution in [3.63, 3.8) is 0 Å². The molecule has 1 aromatic heterocycles. The second-order valence-corrected chi connectivity index (χ2v) is 4.62. The molecule has 18 heavy (non-hydrogen) atoms. The topological polar surface area (TPSA) is 83.6 Å². The van der Waals surface area contributed by atoms with Gasteiger partial charge in [0.1, 0.15) is 0 Å². The molecule has 1 rings (SSSR count). The summed E-state index contributed by atoms with van der Waals surface area (Å²) in [5, 5.41) is 12.3. The minimum Gasteiger partial charge on any atom is -0.481 e. The number of hydrogen-bond acceptors (Lipinski definition) is 4. The number of hydrogen-bond donors (Lipinski definition) is 1. The van der Waals surface area contributed by atoms with Crippen LogP contribution in [0.3, 0.4) is 0 Å². The number of carbonyl (C=O) groups is 2. The van der Waals surface area contributed by atoms with E-state index >= 15 is 0 Å². The van der Waals surface area contributed by atoms with Gasteiger partial charge in [-0.15, -0.1) is 0 Å². The Morgan fingerprint density at radius 3 is 2.61 bits per heavy atom. The number of aromatic nitrogens is 1. The highest BCUT2D eigenvalue weighted by Gasteiger charge is 2.21. The van der Waals surface area contributed by atoms with E-state index < -0.39 is 5.97 Å². The van der Waals surface area contributed by atoms with Gasteiger partial charge in [-0.25, -0.2) is 0 Å². The fraction of sp³-hybridized carbons (Fsp3) is 0.583. The van der Waals surface area contributed by atoms with Crippen molar-refractivity contribution >= 4 is 11.9 Å². The molecule has 0 bridgehead atoms. The molecule has 0 spiro atoms. The van der Waals surface area contributed by atoms with Gasteiger partial charge in [-0.05, 0) is 12.8 Å². The number of amides is 1. The molecule has 0 aromatic carbocycles. The predicted octanol–water partition coefficient (Wildman–Crippen LogP) is 1.56. The molecule has 0 radical (unpaired) electrons. The van der Waals surface area contributed by atoms with E-state index in [-0.39, 0.29) is 30.6 Å². The van der Waals surface area contributed by atoms with Crippen LogP contribution < -0.4 is 0 Å². The monoisotopic (exact) mass is 254 g/mol. The van der Waals surface area contributed by atoms with Crippen LogP contribution in [0.5, 0.6) is 0 Å². The lowest BCUT2D eigenvalue weighted by molar-refractivity contribution is -0.137. The van der Waals surface area contributed by atoms with E-state index in [2.05, 4.69) is 5.16 Å². The van der Waals surface area contributed by atoms with Crippen molar-refractivity contribution in [2.24, 2.45) is 5.92 Å². The molecule has 0 unspecified atom stereocenters. The van der Waals surface area contributed by atoms with E-state index in [0.29, 0.717) is 12.2 Å². The summed E-state index contributed by atoms with van der Waals surface area (Å²) < 4.78 is 4.91. The molecular weight excluding hydrogens is 236 g/mol. The SMILES string of the molecule is Cc1cc(C(=O)N(CCC(=O)O)CC(C)C)on1. The zero-order valence-corrected chi connectivity index (χ0v) is 10.8. The van der Waals surface area contributed by atoms with Crippen molar-refractivity contribution in [2.75, 3.05) is 13.1 Å². The van der Waals surface area contributed by atoms with Gasteiger partial charge in [-0.3, -0.25) is 9.59 Å². The normalized spacial score (nSPS) is 10.7. The highest BCUT2D eigenvalue weighted by molar-refractivity contribution is 5.91. The smallest absolute Gasteiger partial charge is 0.305 e. The standard InChI is InChI=1S/C12H18N2O4/c1-8(2)7-14(5-4-11(15)16)12(17)10-6-9(3)13-18-10/h6,8H,4-5,7H2,1-3H3,(H,15,16). The van der Waals surface area contributed by atoms with Gasteiger partial charge in [0, 0.05) is 19.2 Å². The van der Waals surface area contributed by atoms with Crippen molar-refractivity contribution < 1.29 is 19.2 Å². The Morgan fingerprint density at radius 2 is 2.17 bits per heavy atom. The third-order valence-corrected chi connectivity index (χ3v) is 2.31. The molecule has 0 fully saturated rings. The lowest BCUT2D eigenvalue weighted by atomic mass is 10.2. The number of nitrogens with zero attached hydrogens (tertiary/aromatic N) is 2. The number of aliphatic carboxylic acids is 1.